The lowest BCUT2D eigenvalue weighted by atomic mass is 10.0. The first-order valence-corrected chi connectivity index (χ1v) is 9.19. The molecule has 2 heterocycles. The minimum Gasteiger partial charge on any atom is -0.467 e. The lowest BCUT2D eigenvalue weighted by Gasteiger charge is -2.17. The van der Waals surface area contributed by atoms with E-state index < -0.39 is 0 Å². The highest BCUT2D eigenvalue weighted by atomic mass is 16.3. The molecule has 2 atom stereocenters. The zero-order valence-corrected chi connectivity index (χ0v) is 15.0. The van der Waals surface area contributed by atoms with Crippen LogP contribution in [0.1, 0.15) is 29.7 Å². The number of hydrogen-bond donors (Lipinski definition) is 1. The largest absolute Gasteiger partial charge is 0.467 e. The van der Waals surface area contributed by atoms with E-state index in [1.54, 1.807) is 6.26 Å². The summed E-state index contributed by atoms with van der Waals surface area (Å²) in [6.07, 6.45) is 3.84. The number of hydrogen-bond acceptors (Lipinski definition) is 3. The van der Waals surface area contributed by atoms with Crippen LogP contribution in [-0.4, -0.2) is 29.8 Å². The number of furan rings is 1. The molecule has 2 amide bonds. The van der Waals surface area contributed by atoms with Gasteiger partial charge in [0.25, 0.3) is 0 Å². The molecule has 2 fully saturated rings. The summed E-state index contributed by atoms with van der Waals surface area (Å²) in [6, 6.07) is 11.8. The fourth-order valence-corrected chi connectivity index (χ4v) is 3.98. The van der Waals surface area contributed by atoms with Gasteiger partial charge in [0.1, 0.15) is 5.76 Å². The van der Waals surface area contributed by atoms with E-state index in [2.05, 4.69) is 5.32 Å². The Morgan fingerprint density at radius 3 is 2.81 bits per heavy atom. The molecule has 2 unspecified atom stereocenters. The molecule has 0 radical (unpaired) electrons. The number of carbonyl (C=O) groups is 2. The van der Waals surface area contributed by atoms with Crippen LogP contribution in [0.15, 0.2) is 47.1 Å². The number of aryl methyl sites for hydroxylation is 1. The number of amides is 2. The lowest BCUT2D eigenvalue weighted by Crippen LogP contribution is -2.32. The fourth-order valence-electron chi connectivity index (χ4n) is 3.98. The first kappa shape index (κ1) is 16.9. The Morgan fingerprint density at radius 2 is 2.08 bits per heavy atom. The van der Waals surface area contributed by atoms with Crippen LogP contribution in [-0.2, 0) is 22.6 Å². The predicted octanol–water partition coefficient (Wildman–Crippen LogP) is 2.69. The highest BCUT2D eigenvalue weighted by Gasteiger charge is 2.61. The third kappa shape index (κ3) is 3.39. The third-order valence-electron chi connectivity index (χ3n) is 5.74. The van der Waals surface area contributed by atoms with E-state index in [1.165, 1.54) is 5.56 Å². The second-order valence-corrected chi connectivity index (χ2v) is 7.64. The molecule has 5 heteroatoms. The van der Waals surface area contributed by atoms with Crippen molar-refractivity contribution in [3.8, 4) is 0 Å². The molecular weight excluding hydrogens is 328 g/mol. The van der Waals surface area contributed by atoms with Crippen LogP contribution in [0.2, 0.25) is 0 Å². The number of nitrogens with zero attached hydrogens (tertiary/aromatic N) is 1. The molecule has 1 aliphatic heterocycles. The first-order valence-electron chi connectivity index (χ1n) is 9.19. The summed E-state index contributed by atoms with van der Waals surface area (Å²) in [4.78, 5) is 26.9. The molecule has 1 aliphatic carbocycles. The lowest BCUT2D eigenvalue weighted by molar-refractivity contribution is -0.130. The first-order chi connectivity index (χ1) is 12.6. The van der Waals surface area contributed by atoms with Gasteiger partial charge in [-0.05, 0) is 37.5 Å². The van der Waals surface area contributed by atoms with Crippen molar-refractivity contribution in [3.63, 3.8) is 0 Å². The van der Waals surface area contributed by atoms with Gasteiger partial charge in [0.2, 0.25) is 11.8 Å². The summed E-state index contributed by atoms with van der Waals surface area (Å²) < 4.78 is 5.25. The highest BCUT2D eigenvalue weighted by Crippen LogP contribution is 2.58. The number of nitrogens with one attached hydrogen (secondary N) is 1. The summed E-state index contributed by atoms with van der Waals surface area (Å²) in [5.41, 5.74) is 2.24. The molecule has 2 aliphatic rings. The monoisotopic (exact) mass is 352 g/mol. The van der Waals surface area contributed by atoms with Crippen LogP contribution in [0, 0.1) is 18.3 Å². The minimum atomic E-state index is -0.00379. The normalized spacial score (nSPS) is 24.0. The molecule has 1 saturated heterocycles. The molecule has 1 saturated carbocycles. The molecule has 26 heavy (non-hydrogen) atoms. The van der Waals surface area contributed by atoms with Gasteiger partial charge in [0.05, 0.1) is 19.2 Å². The maximum absolute atomic E-state index is 12.6. The van der Waals surface area contributed by atoms with Gasteiger partial charge in [-0.15, -0.1) is 0 Å². The Bertz CT molecular complexity index is 797. The van der Waals surface area contributed by atoms with E-state index in [4.69, 9.17) is 4.42 Å². The molecule has 4 rings (SSSR count). The van der Waals surface area contributed by atoms with Crippen LogP contribution < -0.4 is 5.32 Å². The third-order valence-corrected chi connectivity index (χ3v) is 5.74. The van der Waals surface area contributed by atoms with Gasteiger partial charge in [0, 0.05) is 24.4 Å². The summed E-state index contributed by atoms with van der Waals surface area (Å²) in [6.45, 7) is 3.93. The number of benzene rings is 1. The molecule has 1 aromatic heterocycles. The molecular formula is C21H24N2O3. The van der Waals surface area contributed by atoms with Gasteiger partial charge in [-0.3, -0.25) is 9.59 Å². The number of likely N-dealkylation sites (tertiary alicyclic amines) is 1. The predicted molar refractivity (Wildman–Crippen MR) is 97.2 cm³/mol. The Kier molecular flexibility index (Phi) is 4.31. The van der Waals surface area contributed by atoms with E-state index in [-0.39, 0.29) is 23.1 Å². The SMILES string of the molecule is Cc1ccc(CC(=O)N2CCC3(CC3C(=O)NCc3ccco3)C2)cc1. The van der Waals surface area contributed by atoms with E-state index in [0.717, 1.165) is 30.7 Å². The van der Waals surface area contributed by atoms with Crippen molar-refractivity contribution < 1.29 is 14.0 Å². The maximum atomic E-state index is 12.6. The topological polar surface area (TPSA) is 62.6 Å². The summed E-state index contributed by atoms with van der Waals surface area (Å²) in [5, 5.41) is 2.95. The Hall–Kier alpha value is -2.56. The van der Waals surface area contributed by atoms with Crippen molar-refractivity contribution in [2.45, 2.75) is 32.7 Å². The molecule has 2 aromatic rings. The fraction of sp³-hybridized carbons (Fsp3) is 0.429. The van der Waals surface area contributed by atoms with Gasteiger partial charge in [-0.25, -0.2) is 0 Å². The quantitative estimate of drug-likeness (QED) is 0.900. The number of carbonyl (C=O) groups excluding carboxylic acids is 2. The zero-order valence-electron chi connectivity index (χ0n) is 15.0. The molecule has 1 N–H and O–H groups in total. The van der Waals surface area contributed by atoms with Gasteiger partial charge < -0.3 is 14.6 Å². The smallest absolute Gasteiger partial charge is 0.227 e. The van der Waals surface area contributed by atoms with Crippen LogP contribution in [0.3, 0.4) is 0 Å². The average molecular weight is 352 g/mol. The van der Waals surface area contributed by atoms with Crippen molar-refractivity contribution in [1.29, 1.82) is 0 Å². The molecule has 1 aromatic carbocycles. The summed E-state index contributed by atoms with van der Waals surface area (Å²) >= 11 is 0. The zero-order chi connectivity index (χ0) is 18.1. The van der Waals surface area contributed by atoms with Crippen LogP contribution in [0.5, 0.6) is 0 Å². The average Bonchev–Trinajstić information content (AvgIpc) is 2.99. The van der Waals surface area contributed by atoms with Crippen molar-refractivity contribution in [2.24, 2.45) is 11.3 Å². The van der Waals surface area contributed by atoms with Gasteiger partial charge in [-0.1, -0.05) is 29.8 Å². The number of rotatable bonds is 5. The van der Waals surface area contributed by atoms with Gasteiger partial charge in [0.15, 0.2) is 0 Å². The molecule has 136 valence electrons. The molecule has 0 bridgehead atoms. The van der Waals surface area contributed by atoms with Crippen LogP contribution in [0.25, 0.3) is 0 Å². The van der Waals surface area contributed by atoms with Gasteiger partial charge in [-0.2, -0.15) is 0 Å². The van der Waals surface area contributed by atoms with E-state index >= 15 is 0 Å². The second kappa shape index (κ2) is 6.63. The van der Waals surface area contributed by atoms with Crippen LogP contribution in [0.4, 0.5) is 0 Å². The van der Waals surface area contributed by atoms with Crippen molar-refractivity contribution in [1.82, 2.24) is 10.2 Å². The molecule has 1 spiro atoms. The Labute approximate surface area is 153 Å². The van der Waals surface area contributed by atoms with Crippen molar-refractivity contribution in [2.75, 3.05) is 13.1 Å². The Balaban J connectivity index is 1.29. The highest BCUT2D eigenvalue weighted by molar-refractivity contribution is 5.84. The van der Waals surface area contributed by atoms with Crippen molar-refractivity contribution >= 4 is 11.8 Å². The van der Waals surface area contributed by atoms with E-state index in [9.17, 15) is 9.59 Å². The molecule has 5 nitrogen and oxygen atoms in total. The van der Waals surface area contributed by atoms with Crippen molar-refractivity contribution in [3.05, 3.63) is 59.5 Å². The van der Waals surface area contributed by atoms with E-state index in [0.29, 0.717) is 19.5 Å². The standard InChI is InChI=1S/C21H24N2O3/c1-15-4-6-16(7-5-15)11-19(24)23-9-8-21(14-23)12-18(21)20(25)22-13-17-3-2-10-26-17/h2-7,10,18H,8-9,11-14H2,1H3,(H,22,25). The van der Waals surface area contributed by atoms with Crippen LogP contribution >= 0.6 is 0 Å². The second-order valence-electron chi connectivity index (χ2n) is 7.64. The minimum absolute atomic E-state index is 0.00379. The summed E-state index contributed by atoms with van der Waals surface area (Å²) in [7, 11) is 0. The van der Waals surface area contributed by atoms with Gasteiger partial charge >= 0.3 is 0 Å². The Morgan fingerprint density at radius 1 is 1.27 bits per heavy atom. The summed E-state index contributed by atoms with van der Waals surface area (Å²) in [5.74, 6) is 1.02. The van der Waals surface area contributed by atoms with E-state index in [1.807, 2.05) is 48.2 Å². The maximum Gasteiger partial charge on any atom is 0.227 e.